The molecule has 1 fully saturated rings. The summed E-state index contributed by atoms with van der Waals surface area (Å²) in [5.41, 5.74) is 1.44. The predicted octanol–water partition coefficient (Wildman–Crippen LogP) is 4.77. The van der Waals surface area contributed by atoms with Crippen LogP contribution in [-0.2, 0) is 0 Å². The van der Waals surface area contributed by atoms with Gasteiger partial charge in [-0.3, -0.25) is 4.79 Å². The van der Waals surface area contributed by atoms with Crippen molar-refractivity contribution in [3.63, 3.8) is 0 Å². The van der Waals surface area contributed by atoms with Crippen molar-refractivity contribution < 1.29 is 14.1 Å². The predicted molar refractivity (Wildman–Crippen MR) is 105 cm³/mol. The first-order chi connectivity index (χ1) is 13.7. The minimum absolute atomic E-state index is 0.0430. The Bertz CT molecular complexity index is 954. The van der Waals surface area contributed by atoms with E-state index in [9.17, 15) is 4.79 Å². The third kappa shape index (κ3) is 3.73. The third-order valence-corrected chi connectivity index (χ3v) is 5.18. The lowest BCUT2D eigenvalue weighted by molar-refractivity contribution is 0.0561. The Morgan fingerprint density at radius 3 is 2.61 bits per heavy atom. The van der Waals surface area contributed by atoms with Crippen molar-refractivity contribution in [2.24, 2.45) is 0 Å². The Labute approximate surface area is 168 Å². The van der Waals surface area contributed by atoms with Gasteiger partial charge in [0.2, 0.25) is 11.7 Å². The smallest absolute Gasteiger partial charge is 0.254 e. The van der Waals surface area contributed by atoms with E-state index in [1.807, 2.05) is 17.0 Å². The third-order valence-electron chi connectivity index (χ3n) is 4.93. The maximum Gasteiger partial charge on any atom is 0.254 e. The van der Waals surface area contributed by atoms with Crippen molar-refractivity contribution in [3.05, 3.63) is 65.0 Å². The van der Waals surface area contributed by atoms with Gasteiger partial charge in [0, 0.05) is 22.7 Å². The summed E-state index contributed by atoms with van der Waals surface area (Å²) in [7, 11) is 1.60. The molecule has 0 bridgehead atoms. The first-order valence-corrected chi connectivity index (χ1v) is 9.58. The molecule has 2 heterocycles. The van der Waals surface area contributed by atoms with Gasteiger partial charge in [0.15, 0.2) is 0 Å². The van der Waals surface area contributed by atoms with Crippen molar-refractivity contribution in [1.82, 2.24) is 15.0 Å². The van der Waals surface area contributed by atoms with Crippen LogP contribution in [0.4, 0.5) is 0 Å². The van der Waals surface area contributed by atoms with E-state index in [0.29, 0.717) is 28.8 Å². The lowest BCUT2D eigenvalue weighted by atomic mass is 10.0. The molecule has 28 heavy (non-hydrogen) atoms. The number of carbonyl (C=O) groups excluding carboxylic acids is 1. The van der Waals surface area contributed by atoms with Crippen molar-refractivity contribution in [2.45, 2.75) is 25.3 Å². The van der Waals surface area contributed by atoms with E-state index in [1.165, 1.54) is 0 Å². The highest BCUT2D eigenvalue weighted by molar-refractivity contribution is 6.30. The van der Waals surface area contributed by atoms with E-state index >= 15 is 0 Å². The van der Waals surface area contributed by atoms with Gasteiger partial charge in [-0.2, -0.15) is 4.98 Å². The number of carbonyl (C=O) groups is 1. The van der Waals surface area contributed by atoms with E-state index in [2.05, 4.69) is 10.1 Å². The summed E-state index contributed by atoms with van der Waals surface area (Å²) in [4.78, 5) is 19.5. The summed E-state index contributed by atoms with van der Waals surface area (Å²) < 4.78 is 10.7. The zero-order valence-electron chi connectivity index (χ0n) is 15.5. The zero-order chi connectivity index (χ0) is 19.5. The van der Waals surface area contributed by atoms with Crippen molar-refractivity contribution in [3.8, 4) is 17.1 Å². The van der Waals surface area contributed by atoms with Gasteiger partial charge in [-0.05, 0) is 67.8 Å². The summed E-state index contributed by atoms with van der Waals surface area (Å²) >= 11 is 5.94. The molecule has 144 valence electrons. The van der Waals surface area contributed by atoms with Crippen LogP contribution in [0.1, 0.15) is 41.6 Å². The van der Waals surface area contributed by atoms with Gasteiger partial charge in [-0.25, -0.2) is 0 Å². The van der Waals surface area contributed by atoms with Gasteiger partial charge in [0.25, 0.3) is 5.91 Å². The van der Waals surface area contributed by atoms with Crippen molar-refractivity contribution in [1.29, 1.82) is 0 Å². The number of benzene rings is 2. The summed E-state index contributed by atoms with van der Waals surface area (Å²) in [6.45, 7) is 0.661. The summed E-state index contributed by atoms with van der Waals surface area (Å²) in [5.74, 6) is 1.63. The molecule has 7 heteroatoms. The molecule has 0 N–H and O–H groups in total. The number of likely N-dealkylation sites (tertiary alicyclic amines) is 1. The van der Waals surface area contributed by atoms with E-state index < -0.39 is 0 Å². The second-order valence-corrected chi connectivity index (χ2v) is 7.14. The lowest BCUT2D eigenvalue weighted by Gasteiger charge is -2.33. The first-order valence-electron chi connectivity index (χ1n) is 9.20. The topological polar surface area (TPSA) is 68.5 Å². The van der Waals surface area contributed by atoms with Gasteiger partial charge in [0.05, 0.1) is 7.11 Å². The largest absolute Gasteiger partial charge is 0.497 e. The number of piperidine rings is 1. The lowest BCUT2D eigenvalue weighted by Crippen LogP contribution is -2.38. The monoisotopic (exact) mass is 397 g/mol. The molecule has 1 amide bonds. The van der Waals surface area contributed by atoms with Crippen LogP contribution in [0, 0.1) is 0 Å². The second kappa shape index (κ2) is 8.02. The van der Waals surface area contributed by atoms with Crippen LogP contribution in [0.5, 0.6) is 5.75 Å². The van der Waals surface area contributed by atoms with Gasteiger partial charge in [-0.1, -0.05) is 16.8 Å². The quantitative estimate of drug-likeness (QED) is 0.634. The summed E-state index contributed by atoms with van der Waals surface area (Å²) in [5, 5.41) is 4.75. The molecule has 1 aromatic heterocycles. The first kappa shape index (κ1) is 18.5. The molecule has 2 aromatic carbocycles. The fraction of sp³-hybridized carbons (Fsp3) is 0.286. The average molecular weight is 398 g/mol. The van der Waals surface area contributed by atoms with E-state index in [0.717, 1.165) is 30.6 Å². The average Bonchev–Trinajstić information content (AvgIpc) is 3.24. The van der Waals surface area contributed by atoms with Crippen LogP contribution < -0.4 is 4.74 Å². The van der Waals surface area contributed by atoms with E-state index in [1.54, 1.807) is 43.5 Å². The molecule has 0 aliphatic carbocycles. The Hall–Kier alpha value is -2.86. The number of rotatable bonds is 4. The minimum atomic E-state index is -0.225. The number of aromatic nitrogens is 2. The molecule has 4 rings (SSSR count). The number of ether oxygens (including phenoxy) is 1. The second-order valence-electron chi connectivity index (χ2n) is 6.70. The van der Waals surface area contributed by atoms with Gasteiger partial charge >= 0.3 is 0 Å². The highest BCUT2D eigenvalue weighted by Crippen LogP contribution is 2.32. The van der Waals surface area contributed by atoms with Crippen LogP contribution >= 0.6 is 11.6 Å². The number of amides is 1. The maximum atomic E-state index is 13.1. The van der Waals surface area contributed by atoms with Crippen LogP contribution in [0.2, 0.25) is 5.02 Å². The van der Waals surface area contributed by atoms with Crippen LogP contribution in [0.25, 0.3) is 11.4 Å². The minimum Gasteiger partial charge on any atom is -0.497 e. The zero-order valence-corrected chi connectivity index (χ0v) is 16.2. The molecule has 1 atom stereocenters. The highest BCUT2D eigenvalue weighted by atomic mass is 35.5. The number of methoxy groups -OCH3 is 1. The number of hydrogen-bond acceptors (Lipinski definition) is 5. The van der Waals surface area contributed by atoms with Crippen molar-refractivity contribution in [2.75, 3.05) is 13.7 Å². The molecule has 6 nitrogen and oxygen atoms in total. The summed E-state index contributed by atoms with van der Waals surface area (Å²) in [6.07, 6.45) is 2.76. The summed E-state index contributed by atoms with van der Waals surface area (Å²) in [6, 6.07) is 14.2. The maximum absolute atomic E-state index is 13.1. The Balaban J connectivity index is 1.58. The van der Waals surface area contributed by atoms with Crippen molar-refractivity contribution >= 4 is 17.5 Å². The fourth-order valence-corrected chi connectivity index (χ4v) is 3.54. The normalized spacial score (nSPS) is 16.8. The number of halogens is 1. The number of hydrogen-bond donors (Lipinski definition) is 0. The van der Waals surface area contributed by atoms with Crippen LogP contribution in [-0.4, -0.2) is 34.6 Å². The Morgan fingerprint density at radius 2 is 1.89 bits per heavy atom. The SMILES string of the molecule is COc1ccc(C(=O)N2CCCCC2c2nc(-c3ccc(Cl)cc3)no2)cc1. The van der Waals surface area contributed by atoms with Gasteiger partial charge in [-0.15, -0.1) is 0 Å². The molecule has 0 saturated carbocycles. The molecule has 1 aliphatic rings. The standard InChI is InChI=1S/C21H20ClN3O3/c1-27-17-11-7-15(8-12-17)21(26)25-13-3-2-4-18(25)20-23-19(24-28-20)14-5-9-16(22)10-6-14/h5-12,18H,2-4,13H2,1H3. The highest BCUT2D eigenvalue weighted by Gasteiger charge is 2.32. The van der Waals surface area contributed by atoms with E-state index in [-0.39, 0.29) is 11.9 Å². The molecule has 1 aliphatic heterocycles. The fourth-order valence-electron chi connectivity index (χ4n) is 3.42. The molecule has 1 unspecified atom stereocenters. The van der Waals surface area contributed by atoms with Crippen LogP contribution in [0.15, 0.2) is 53.1 Å². The Morgan fingerprint density at radius 1 is 1.14 bits per heavy atom. The van der Waals surface area contributed by atoms with Gasteiger partial charge < -0.3 is 14.2 Å². The van der Waals surface area contributed by atoms with Crippen LogP contribution in [0.3, 0.4) is 0 Å². The molecule has 0 spiro atoms. The molecular formula is C21H20ClN3O3. The molecule has 0 radical (unpaired) electrons. The Kier molecular flexibility index (Phi) is 5.30. The number of nitrogens with zero attached hydrogens (tertiary/aromatic N) is 3. The van der Waals surface area contributed by atoms with E-state index in [4.69, 9.17) is 20.9 Å². The van der Waals surface area contributed by atoms with Gasteiger partial charge in [0.1, 0.15) is 11.8 Å². The molecule has 1 saturated heterocycles. The molecular weight excluding hydrogens is 378 g/mol. The molecule has 3 aromatic rings.